The molecule has 0 aliphatic rings. The number of hydrogen-bond donors (Lipinski definition) is 2. The molecule has 2 N–H and O–H groups in total. The van der Waals surface area contributed by atoms with E-state index in [1.165, 1.54) is 11.3 Å². The van der Waals surface area contributed by atoms with E-state index < -0.39 is 11.8 Å². The lowest BCUT2D eigenvalue weighted by Crippen LogP contribution is -2.29. The minimum atomic E-state index is -0.710. The van der Waals surface area contributed by atoms with Crippen molar-refractivity contribution in [3.63, 3.8) is 0 Å². The van der Waals surface area contributed by atoms with Crippen LogP contribution in [0.5, 0.6) is 0 Å². The molecule has 0 aliphatic carbocycles. The second-order valence-corrected chi connectivity index (χ2v) is 5.30. The standard InChI is InChI=1S/C15H17N3O2S/c1-3-10-6-5-7-11(4-2)12(10)17-13(19)14(20)18-15-16-8-9-21-15/h5-9H,3-4H2,1-2H3,(H,17,19)(H,16,18,20). The first-order valence-electron chi connectivity index (χ1n) is 6.78. The fraction of sp³-hybridized carbons (Fsp3) is 0.267. The minimum Gasteiger partial charge on any atom is -0.317 e. The van der Waals surface area contributed by atoms with E-state index in [1.54, 1.807) is 11.6 Å². The third kappa shape index (κ3) is 3.66. The summed E-state index contributed by atoms with van der Waals surface area (Å²) in [6, 6.07) is 5.87. The van der Waals surface area contributed by atoms with Crippen molar-refractivity contribution in [3.05, 3.63) is 40.9 Å². The van der Waals surface area contributed by atoms with Gasteiger partial charge in [-0.05, 0) is 24.0 Å². The van der Waals surface area contributed by atoms with Crippen molar-refractivity contribution in [3.8, 4) is 0 Å². The van der Waals surface area contributed by atoms with Gasteiger partial charge in [0.2, 0.25) is 0 Å². The Balaban J connectivity index is 2.13. The highest BCUT2D eigenvalue weighted by Crippen LogP contribution is 2.22. The van der Waals surface area contributed by atoms with Crippen LogP contribution in [-0.4, -0.2) is 16.8 Å². The van der Waals surface area contributed by atoms with Crippen LogP contribution in [0, 0.1) is 0 Å². The van der Waals surface area contributed by atoms with Gasteiger partial charge in [-0.15, -0.1) is 11.3 Å². The lowest BCUT2D eigenvalue weighted by Gasteiger charge is -2.13. The summed E-state index contributed by atoms with van der Waals surface area (Å²) in [7, 11) is 0. The molecule has 0 unspecified atom stereocenters. The summed E-state index contributed by atoms with van der Waals surface area (Å²) in [5, 5.41) is 7.34. The highest BCUT2D eigenvalue weighted by atomic mass is 32.1. The van der Waals surface area contributed by atoms with Crippen molar-refractivity contribution < 1.29 is 9.59 Å². The first kappa shape index (κ1) is 15.2. The van der Waals surface area contributed by atoms with Crippen LogP contribution < -0.4 is 10.6 Å². The lowest BCUT2D eigenvalue weighted by molar-refractivity contribution is -0.133. The summed E-state index contributed by atoms with van der Waals surface area (Å²) in [6.45, 7) is 4.03. The Kier molecular flexibility index (Phi) is 5.05. The number of rotatable bonds is 4. The normalized spacial score (nSPS) is 10.2. The smallest absolute Gasteiger partial charge is 0.315 e. The Morgan fingerprint density at radius 1 is 1.10 bits per heavy atom. The van der Waals surface area contributed by atoms with Crippen molar-refractivity contribution in [2.24, 2.45) is 0 Å². The molecular weight excluding hydrogens is 286 g/mol. The largest absolute Gasteiger partial charge is 0.317 e. The molecule has 0 saturated heterocycles. The van der Waals surface area contributed by atoms with Crippen LogP contribution >= 0.6 is 11.3 Å². The van der Waals surface area contributed by atoms with Gasteiger partial charge in [0.05, 0.1) is 0 Å². The number of carbonyl (C=O) groups excluding carboxylic acids is 2. The molecule has 0 bridgehead atoms. The average molecular weight is 303 g/mol. The third-order valence-electron chi connectivity index (χ3n) is 3.10. The lowest BCUT2D eigenvalue weighted by atomic mass is 10.0. The first-order valence-corrected chi connectivity index (χ1v) is 7.66. The number of para-hydroxylation sites is 1. The summed E-state index contributed by atoms with van der Waals surface area (Å²) in [6.07, 6.45) is 3.15. The molecule has 2 aromatic rings. The highest BCUT2D eigenvalue weighted by Gasteiger charge is 2.17. The van der Waals surface area contributed by atoms with Gasteiger partial charge in [-0.1, -0.05) is 32.0 Å². The van der Waals surface area contributed by atoms with Crippen molar-refractivity contribution >= 4 is 34.0 Å². The molecule has 2 amide bonds. The SMILES string of the molecule is CCc1cccc(CC)c1NC(=O)C(=O)Nc1nccs1. The maximum absolute atomic E-state index is 12.0. The molecule has 21 heavy (non-hydrogen) atoms. The van der Waals surface area contributed by atoms with Crippen molar-refractivity contribution in [2.45, 2.75) is 26.7 Å². The Bertz CT molecular complexity index is 616. The van der Waals surface area contributed by atoms with Gasteiger partial charge in [0.25, 0.3) is 0 Å². The van der Waals surface area contributed by atoms with Crippen molar-refractivity contribution in [1.29, 1.82) is 0 Å². The molecule has 0 aliphatic heterocycles. The minimum absolute atomic E-state index is 0.412. The number of benzene rings is 1. The molecule has 0 atom stereocenters. The zero-order chi connectivity index (χ0) is 15.2. The van der Waals surface area contributed by atoms with Crippen LogP contribution in [0.3, 0.4) is 0 Å². The van der Waals surface area contributed by atoms with E-state index in [9.17, 15) is 9.59 Å². The molecule has 6 heteroatoms. The maximum Gasteiger partial charge on any atom is 0.315 e. The molecule has 2 rings (SSSR count). The number of hydrogen-bond acceptors (Lipinski definition) is 4. The van der Waals surface area contributed by atoms with E-state index in [0.717, 1.165) is 29.7 Å². The number of anilines is 2. The Labute approximate surface area is 127 Å². The summed E-state index contributed by atoms with van der Waals surface area (Å²) in [4.78, 5) is 27.8. The van der Waals surface area contributed by atoms with Gasteiger partial charge in [0, 0.05) is 17.3 Å². The van der Waals surface area contributed by atoms with Crippen LogP contribution in [0.2, 0.25) is 0 Å². The first-order chi connectivity index (χ1) is 10.2. The number of nitrogens with zero attached hydrogens (tertiary/aromatic N) is 1. The Morgan fingerprint density at radius 3 is 2.24 bits per heavy atom. The number of thiazole rings is 1. The molecule has 5 nitrogen and oxygen atoms in total. The third-order valence-corrected chi connectivity index (χ3v) is 3.78. The van der Waals surface area contributed by atoms with Crippen molar-refractivity contribution in [1.82, 2.24) is 4.98 Å². The summed E-state index contributed by atoms with van der Waals surface area (Å²) in [5.74, 6) is -1.39. The van der Waals surface area contributed by atoms with Gasteiger partial charge in [0.1, 0.15) is 0 Å². The van der Waals surface area contributed by atoms with E-state index in [4.69, 9.17) is 0 Å². The van der Waals surface area contributed by atoms with Crippen LogP contribution in [-0.2, 0) is 22.4 Å². The van der Waals surface area contributed by atoms with Gasteiger partial charge < -0.3 is 5.32 Å². The molecule has 1 aromatic heterocycles. The molecule has 0 fully saturated rings. The van der Waals surface area contributed by atoms with E-state index in [-0.39, 0.29) is 0 Å². The number of nitrogens with one attached hydrogen (secondary N) is 2. The van der Waals surface area contributed by atoms with Gasteiger partial charge >= 0.3 is 11.8 Å². The van der Waals surface area contributed by atoms with Gasteiger partial charge in [-0.3, -0.25) is 14.9 Å². The zero-order valence-electron chi connectivity index (χ0n) is 12.0. The second-order valence-electron chi connectivity index (χ2n) is 4.40. The number of carbonyl (C=O) groups is 2. The van der Waals surface area contributed by atoms with Crippen molar-refractivity contribution in [2.75, 3.05) is 10.6 Å². The molecule has 1 heterocycles. The highest BCUT2D eigenvalue weighted by molar-refractivity contribution is 7.13. The monoisotopic (exact) mass is 303 g/mol. The van der Waals surface area contributed by atoms with Gasteiger partial charge in [-0.25, -0.2) is 4.98 Å². The van der Waals surface area contributed by atoms with E-state index >= 15 is 0 Å². The predicted molar refractivity (Wildman–Crippen MR) is 84.6 cm³/mol. The topological polar surface area (TPSA) is 71.1 Å². The number of amides is 2. The molecular formula is C15H17N3O2S. The van der Waals surface area contributed by atoms with Gasteiger partial charge in [0.15, 0.2) is 5.13 Å². The van der Waals surface area contributed by atoms with E-state index in [1.807, 2.05) is 32.0 Å². The maximum atomic E-state index is 12.0. The molecule has 1 aromatic carbocycles. The van der Waals surface area contributed by atoms with E-state index in [2.05, 4.69) is 15.6 Å². The molecule has 110 valence electrons. The molecule has 0 saturated carbocycles. The van der Waals surface area contributed by atoms with Gasteiger partial charge in [-0.2, -0.15) is 0 Å². The Hall–Kier alpha value is -2.21. The predicted octanol–water partition coefficient (Wildman–Crippen LogP) is 2.85. The van der Waals surface area contributed by atoms with Crippen LogP contribution in [0.1, 0.15) is 25.0 Å². The number of aromatic nitrogens is 1. The Morgan fingerprint density at radius 2 is 1.71 bits per heavy atom. The van der Waals surface area contributed by atoms with Crippen LogP contribution in [0.4, 0.5) is 10.8 Å². The second kappa shape index (κ2) is 6.99. The fourth-order valence-electron chi connectivity index (χ4n) is 2.01. The zero-order valence-corrected chi connectivity index (χ0v) is 12.8. The summed E-state index contributed by atoms with van der Waals surface area (Å²) >= 11 is 1.27. The van der Waals surface area contributed by atoms with E-state index in [0.29, 0.717) is 5.13 Å². The fourth-order valence-corrected chi connectivity index (χ4v) is 2.54. The quantitative estimate of drug-likeness (QED) is 0.853. The number of aryl methyl sites for hydroxylation is 2. The molecule has 0 spiro atoms. The van der Waals surface area contributed by atoms with Crippen LogP contribution in [0.15, 0.2) is 29.8 Å². The average Bonchev–Trinajstić information content (AvgIpc) is 3.00. The summed E-state index contributed by atoms with van der Waals surface area (Å²) in [5.41, 5.74) is 2.77. The molecule has 0 radical (unpaired) electrons. The summed E-state index contributed by atoms with van der Waals surface area (Å²) < 4.78 is 0. The van der Waals surface area contributed by atoms with Crippen LogP contribution in [0.25, 0.3) is 0 Å².